The predicted molar refractivity (Wildman–Crippen MR) is 46.0 cm³/mol. The van der Waals surface area contributed by atoms with Crippen LogP contribution in [0, 0.1) is 5.92 Å². The highest BCUT2D eigenvalue weighted by molar-refractivity contribution is 4.68. The second-order valence-electron chi connectivity index (χ2n) is 3.31. The molecule has 0 bridgehead atoms. The van der Waals surface area contributed by atoms with E-state index in [1.165, 1.54) is 0 Å². The lowest BCUT2D eigenvalue weighted by atomic mass is 10.0. The Kier molecular flexibility index (Phi) is 4.65. The van der Waals surface area contributed by atoms with Crippen molar-refractivity contribution in [3.05, 3.63) is 0 Å². The molecule has 0 rings (SSSR count). The van der Waals surface area contributed by atoms with E-state index in [0.29, 0.717) is 12.0 Å². The van der Waals surface area contributed by atoms with E-state index in [0.717, 1.165) is 13.0 Å². The summed E-state index contributed by atoms with van der Waals surface area (Å²) in [4.78, 5) is 2.18. The molecule has 0 spiro atoms. The maximum Gasteiger partial charge on any atom is 0.00740 e. The average molecular weight is 144 g/mol. The second kappa shape index (κ2) is 4.69. The molecule has 2 atom stereocenters. The minimum atomic E-state index is 0.363. The van der Waals surface area contributed by atoms with E-state index in [2.05, 4.69) is 32.8 Å². The lowest BCUT2D eigenvalue weighted by molar-refractivity contribution is 0.302. The number of nitrogens with two attached hydrogens (primary N) is 1. The molecule has 62 valence electrons. The monoisotopic (exact) mass is 144 g/mol. The first-order chi connectivity index (χ1) is 4.57. The summed E-state index contributed by atoms with van der Waals surface area (Å²) in [6.07, 6.45) is 1.08. The molecule has 0 fully saturated rings. The third kappa shape index (κ3) is 3.85. The summed E-state index contributed by atoms with van der Waals surface area (Å²) in [6, 6.07) is 0.363. The first-order valence-corrected chi connectivity index (χ1v) is 3.98. The van der Waals surface area contributed by atoms with Crippen LogP contribution in [-0.4, -0.2) is 31.6 Å². The summed E-state index contributed by atoms with van der Waals surface area (Å²) < 4.78 is 0. The zero-order valence-corrected chi connectivity index (χ0v) is 7.59. The number of rotatable bonds is 4. The van der Waals surface area contributed by atoms with Crippen molar-refractivity contribution in [1.82, 2.24) is 4.90 Å². The molecule has 0 aliphatic heterocycles. The van der Waals surface area contributed by atoms with Crippen LogP contribution < -0.4 is 5.73 Å². The molecule has 0 aliphatic carbocycles. The van der Waals surface area contributed by atoms with Gasteiger partial charge in [0.1, 0.15) is 0 Å². The van der Waals surface area contributed by atoms with Crippen molar-refractivity contribution in [3.8, 4) is 0 Å². The summed E-state index contributed by atoms with van der Waals surface area (Å²) >= 11 is 0. The van der Waals surface area contributed by atoms with Crippen molar-refractivity contribution in [2.24, 2.45) is 11.7 Å². The largest absolute Gasteiger partial charge is 0.327 e. The second-order valence-corrected chi connectivity index (χ2v) is 3.31. The fourth-order valence-corrected chi connectivity index (χ4v) is 1.11. The van der Waals surface area contributed by atoms with Gasteiger partial charge < -0.3 is 10.6 Å². The van der Waals surface area contributed by atoms with Gasteiger partial charge in [-0.3, -0.25) is 0 Å². The molecule has 10 heavy (non-hydrogen) atoms. The maximum absolute atomic E-state index is 5.84. The van der Waals surface area contributed by atoms with E-state index in [4.69, 9.17) is 5.73 Å². The normalized spacial score (nSPS) is 17.4. The van der Waals surface area contributed by atoms with Gasteiger partial charge in [0.2, 0.25) is 0 Å². The van der Waals surface area contributed by atoms with Gasteiger partial charge in [0.25, 0.3) is 0 Å². The van der Waals surface area contributed by atoms with E-state index in [1.807, 2.05) is 0 Å². The molecule has 2 unspecified atom stereocenters. The van der Waals surface area contributed by atoms with Crippen molar-refractivity contribution in [3.63, 3.8) is 0 Å². The van der Waals surface area contributed by atoms with Gasteiger partial charge in [0.15, 0.2) is 0 Å². The Bertz CT molecular complexity index is 81.3. The Labute approximate surface area is 64.4 Å². The standard InChI is InChI=1S/C8H20N2/c1-5-8(9)7(2)6-10(3)4/h7-8H,5-6,9H2,1-4H3. The Morgan fingerprint density at radius 2 is 1.90 bits per heavy atom. The SMILES string of the molecule is CCC(N)C(C)CN(C)C. The summed E-state index contributed by atoms with van der Waals surface area (Å²) in [6.45, 7) is 5.43. The molecule has 0 aromatic rings. The first-order valence-electron chi connectivity index (χ1n) is 3.98. The summed E-state index contributed by atoms with van der Waals surface area (Å²) in [5.74, 6) is 0.611. The van der Waals surface area contributed by atoms with Crippen LogP contribution in [-0.2, 0) is 0 Å². The fourth-order valence-electron chi connectivity index (χ4n) is 1.11. The van der Waals surface area contributed by atoms with Crippen LogP contribution >= 0.6 is 0 Å². The van der Waals surface area contributed by atoms with Crippen LogP contribution in [0.1, 0.15) is 20.3 Å². The van der Waals surface area contributed by atoms with Crippen molar-refractivity contribution in [2.75, 3.05) is 20.6 Å². The third-order valence-corrected chi connectivity index (χ3v) is 1.86. The fraction of sp³-hybridized carbons (Fsp3) is 1.00. The van der Waals surface area contributed by atoms with Gasteiger partial charge in [0, 0.05) is 12.6 Å². The lowest BCUT2D eigenvalue weighted by Gasteiger charge is -2.21. The van der Waals surface area contributed by atoms with Crippen molar-refractivity contribution in [1.29, 1.82) is 0 Å². The molecular formula is C8H20N2. The topological polar surface area (TPSA) is 29.3 Å². The van der Waals surface area contributed by atoms with Crippen LogP contribution in [0.3, 0.4) is 0 Å². The Morgan fingerprint density at radius 3 is 2.20 bits per heavy atom. The van der Waals surface area contributed by atoms with Crippen molar-refractivity contribution >= 4 is 0 Å². The third-order valence-electron chi connectivity index (χ3n) is 1.86. The molecule has 0 saturated heterocycles. The summed E-state index contributed by atoms with van der Waals surface area (Å²) in [5.41, 5.74) is 5.84. The molecule has 2 nitrogen and oxygen atoms in total. The molecule has 0 amide bonds. The van der Waals surface area contributed by atoms with E-state index in [-0.39, 0.29) is 0 Å². The van der Waals surface area contributed by atoms with Crippen LogP contribution in [0.5, 0.6) is 0 Å². The molecule has 2 N–H and O–H groups in total. The average Bonchev–Trinajstić information content (AvgIpc) is 1.85. The minimum absolute atomic E-state index is 0.363. The van der Waals surface area contributed by atoms with Gasteiger partial charge in [-0.1, -0.05) is 13.8 Å². The molecule has 0 radical (unpaired) electrons. The van der Waals surface area contributed by atoms with Crippen LogP contribution in [0.15, 0.2) is 0 Å². The van der Waals surface area contributed by atoms with Crippen LogP contribution in [0.25, 0.3) is 0 Å². The Balaban J connectivity index is 3.50. The van der Waals surface area contributed by atoms with E-state index >= 15 is 0 Å². The molecular weight excluding hydrogens is 124 g/mol. The molecule has 0 aromatic heterocycles. The molecule has 0 aliphatic rings. The zero-order valence-electron chi connectivity index (χ0n) is 7.59. The first kappa shape index (κ1) is 9.92. The van der Waals surface area contributed by atoms with Gasteiger partial charge in [-0.2, -0.15) is 0 Å². The highest BCUT2D eigenvalue weighted by Gasteiger charge is 2.10. The minimum Gasteiger partial charge on any atom is -0.327 e. The van der Waals surface area contributed by atoms with Gasteiger partial charge in [-0.15, -0.1) is 0 Å². The molecule has 2 heteroatoms. The molecule has 0 aromatic carbocycles. The van der Waals surface area contributed by atoms with Crippen LogP contribution in [0.2, 0.25) is 0 Å². The maximum atomic E-state index is 5.84. The highest BCUT2D eigenvalue weighted by Crippen LogP contribution is 2.04. The lowest BCUT2D eigenvalue weighted by Crippen LogP contribution is -2.34. The Hall–Kier alpha value is -0.0800. The summed E-state index contributed by atoms with van der Waals surface area (Å²) in [7, 11) is 4.16. The summed E-state index contributed by atoms with van der Waals surface area (Å²) in [5, 5.41) is 0. The van der Waals surface area contributed by atoms with Gasteiger partial charge >= 0.3 is 0 Å². The smallest absolute Gasteiger partial charge is 0.00740 e. The highest BCUT2D eigenvalue weighted by atomic mass is 15.1. The van der Waals surface area contributed by atoms with Crippen molar-refractivity contribution < 1.29 is 0 Å². The molecule has 0 heterocycles. The van der Waals surface area contributed by atoms with Gasteiger partial charge in [-0.25, -0.2) is 0 Å². The van der Waals surface area contributed by atoms with Gasteiger partial charge in [0.05, 0.1) is 0 Å². The number of nitrogens with zero attached hydrogens (tertiary/aromatic N) is 1. The number of hydrogen-bond acceptors (Lipinski definition) is 2. The Morgan fingerprint density at radius 1 is 1.40 bits per heavy atom. The quantitative estimate of drug-likeness (QED) is 0.636. The van der Waals surface area contributed by atoms with E-state index in [9.17, 15) is 0 Å². The van der Waals surface area contributed by atoms with Gasteiger partial charge in [-0.05, 0) is 26.4 Å². The van der Waals surface area contributed by atoms with Crippen molar-refractivity contribution in [2.45, 2.75) is 26.3 Å². The predicted octanol–water partition coefficient (Wildman–Crippen LogP) is 0.921. The zero-order chi connectivity index (χ0) is 8.15. The molecule has 0 saturated carbocycles. The number of hydrogen-bond donors (Lipinski definition) is 1. The van der Waals surface area contributed by atoms with Crippen LogP contribution in [0.4, 0.5) is 0 Å². The van der Waals surface area contributed by atoms with E-state index in [1.54, 1.807) is 0 Å². The van der Waals surface area contributed by atoms with E-state index < -0.39 is 0 Å².